The van der Waals surface area contributed by atoms with Gasteiger partial charge >= 0.3 is 0 Å². The lowest BCUT2D eigenvalue weighted by atomic mass is 10.0. The van der Waals surface area contributed by atoms with E-state index in [0.717, 1.165) is 11.6 Å². The zero-order chi connectivity index (χ0) is 14.0. The molecule has 100 valence electrons. The fraction of sp³-hybridized carbons (Fsp3) is 0.200. The van der Waals surface area contributed by atoms with Crippen molar-refractivity contribution in [3.63, 3.8) is 0 Å². The van der Waals surface area contributed by atoms with Crippen molar-refractivity contribution in [1.82, 2.24) is 0 Å². The number of rotatable bonds is 3. The number of halogens is 2. The van der Waals surface area contributed by atoms with Crippen LogP contribution < -0.4 is 10.5 Å². The van der Waals surface area contributed by atoms with Crippen molar-refractivity contribution in [3.05, 3.63) is 53.6 Å². The Morgan fingerprint density at radius 2 is 1.74 bits per heavy atom. The van der Waals surface area contributed by atoms with E-state index < -0.39 is 11.6 Å². The largest absolute Gasteiger partial charge is 0.452 e. The van der Waals surface area contributed by atoms with Crippen molar-refractivity contribution in [2.75, 3.05) is 5.73 Å². The molecule has 0 unspecified atom stereocenters. The van der Waals surface area contributed by atoms with Crippen LogP contribution in [0.25, 0.3) is 0 Å². The van der Waals surface area contributed by atoms with E-state index in [-0.39, 0.29) is 17.4 Å². The summed E-state index contributed by atoms with van der Waals surface area (Å²) in [6, 6.07) is 9.49. The van der Waals surface area contributed by atoms with Gasteiger partial charge in [0.1, 0.15) is 5.75 Å². The Morgan fingerprint density at radius 3 is 2.42 bits per heavy atom. The minimum atomic E-state index is -1.07. The quantitative estimate of drug-likeness (QED) is 0.829. The first kappa shape index (κ1) is 13.3. The van der Waals surface area contributed by atoms with Crippen molar-refractivity contribution in [2.24, 2.45) is 0 Å². The van der Waals surface area contributed by atoms with Gasteiger partial charge in [-0.25, -0.2) is 4.39 Å². The van der Waals surface area contributed by atoms with Crippen LogP contribution in [0.3, 0.4) is 0 Å². The van der Waals surface area contributed by atoms with Crippen LogP contribution >= 0.6 is 0 Å². The van der Waals surface area contributed by atoms with Crippen LogP contribution in [-0.4, -0.2) is 0 Å². The van der Waals surface area contributed by atoms with Crippen LogP contribution in [0.15, 0.2) is 36.4 Å². The normalized spacial score (nSPS) is 10.8. The van der Waals surface area contributed by atoms with Crippen LogP contribution in [0.2, 0.25) is 0 Å². The Bertz CT molecular complexity index is 597. The highest BCUT2D eigenvalue weighted by atomic mass is 19.2. The third kappa shape index (κ3) is 2.67. The fourth-order valence-electron chi connectivity index (χ4n) is 1.81. The first-order valence-corrected chi connectivity index (χ1v) is 6.01. The molecule has 0 aliphatic rings. The standard InChI is InChI=1S/C15H15F2NO/c1-9(2)10-5-3-4-6-13(10)19-15-12(18)8-7-11(16)14(15)17/h3-9H,18H2,1-2H3. The second-order valence-corrected chi connectivity index (χ2v) is 4.57. The van der Waals surface area contributed by atoms with Crippen LogP contribution in [0.5, 0.6) is 11.5 Å². The van der Waals surface area contributed by atoms with Gasteiger partial charge < -0.3 is 10.5 Å². The number of benzene rings is 2. The first-order chi connectivity index (χ1) is 9.00. The van der Waals surface area contributed by atoms with Gasteiger partial charge in [0.2, 0.25) is 5.82 Å². The number of para-hydroxylation sites is 1. The van der Waals surface area contributed by atoms with Crippen LogP contribution in [0.4, 0.5) is 14.5 Å². The van der Waals surface area contributed by atoms with Crippen LogP contribution in [0, 0.1) is 11.6 Å². The van der Waals surface area contributed by atoms with Crippen molar-refractivity contribution < 1.29 is 13.5 Å². The van der Waals surface area contributed by atoms with Gasteiger partial charge in [-0.15, -0.1) is 0 Å². The molecular formula is C15H15F2NO. The summed E-state index contributed by atoms with van der Waals surface area (Å²) in [5.41, 5.74) is 6.61. The summed E-state index contributed by atoms with van der Waals surface area (Å²) < 4.78 is 32.4. The maximum absolute atomic E-state index is 13.7. The molecule has 0 heterocycles. The molecule has 2 aromatic rings. The Labute approximate surface area is 110 Å². The maximum Gasteiger partial charge on any atom is 0.203 e. The average Bonchev–Trinajstić information content (AvgIpc) is 2.39. The molecular weight excluding hydrogens is 248 g/mol. The summed E-state index contributed by atoms with van der Waals surface area (Å²) in [4.78, 5) is 0. The van der Waals surface area contributed by atoms with Gasteiger partial charge in [-0.2, -0.15) is 4.39 Å². The summed E-state index contributed by atoms with van der Waals surface area (Å²) in [5.74, 6) is -1.64. The van der Waals surface area contributed by atoms with E-state index in [0.29, 0.717) is 5.75 Å². The summed E-state index contributed by atoms with van der Waals surface area (Å²) in [5, 5.41) is 0. The molecule has 0 saturated carbocycles. The van der Waals surface area contributed by atoms with Gasteiger partial charge in [-0.1, -0.05) is 32.0 Å². The van der Waals surface area contributed by atoms with Gasteiger partial charge in [0.25, 0.3) is 0 Å². The molecule has 0 bridgehead atoms. The van der Waals surface area contributed by atoms with Gasteiger partial charge in [0.05, 0.1) is 5.69 Å². The highest BCUT2D eigenvalue weighted by Gasteiger charge is 2.16. The minimum absolute atomic E-state index is 0.0671. The molecule has 0 atom stereocenters. The minimum Gasteiger partial charge on any atom is -0.452 e. The highest BCUT2D eigenvalue weighted by Crippen LogP contribution is 2.35. The lowest BCUT2D eigenvalue weighted by Crippen LogP contribution is -2.00. The fourth-order valence-corrected chi connectivity index (χ4v) is 1.81. The molecule has 0 saturated heterocycles. The van der Waals surface area contributed by atoms with Gasteiger partial charge in [0, 0.05) is 0 Å². The third-order valence-electron chi connectivity index (χ3n) is 2.83. The Morgan fingerprint density at radius 1 is 1.05 bits per heavy atom. The summed E-state index contributed by atoms with van der Waals surface area (Å²) in [6.07, 6.45) is 0. The monoisotopic (exact) mass is 263 g/mol. The molecule has 0 aromatic heterocycles. The van der Waals surface area contributed by atoms with E-state index in [1.165, 1.54) is 6.07 Å². The first-order valence-electron chi connectivity index (χ1n) is 6.01. The summed E-state index contributed by atoms with van der Waals surface area (Å²) in [6.45, 7) is 3.99. The Balaban J connectivity index is 2.45. The molecule has 2 N–H and O–H groups in total. The average molecular weight is 263 g/mol. The predicted octanol–water partition coefficient (Wildman–Crippen LogP) is 4.46. The second kappa shape index (κ2) is 5.26. The molecule has 2 nitrogen and oxygen atoms in total. The molecule has 4 heteroatoms. The van der Waals surface area contributed by atoms with E-state index in [9.17, 15) is 8.78 Å². The second-order valence-electron chi connectivity index (χ2n) is 4.57. The third-order valence-corrected chi connectivity index (χ3v) is 2.83. The van der Waals surface area contributed by atoms with E-state index in [4.69, 9.17) is 10.5 Å². The Kier molecular flexibility index (Phi) is 3.69. The van der Waals surface area contributed by atoms with Gasteiger partial charge in [-0.3, -0.25) is 0 Å². The highest BCUT2D eigenvalue weighted by molar-refractivity contribution is 5.55. The number of anilines is 1. The maximum atomic E-state index is 13.7. The SMILES string of the molecule is CC(C)c1ccccc1Oc1c(N)ccc(F)c1F. The zero-order valence-corrected chi connectivity index (χ0v) is 10.8. The number of ether oxygens (including phenoxy) is 1. The Hall–Kier alpha value is -2.10. The molecule has 0 aliphatic carbocycles. The summed E-state index contributed by atoms with van der Waals surface area (Å²) in [7, 11) is 0. The molecule has 0 aliphatic heterocycles. The lowest BCUT2D eigenvalue weighted by Gasteiger charge is -2.15. The van der Waals surface area contributed by atoms with E-state index in [1.54, 1.807) is 12.1 Å². The van der Waals surface area contributed by atoms with Crippen LogP contribution in [0.1, 0.15) is 25.3 Å². The van der Waals surface area contributed by atoms with E-state index in [2.05, 4.69) is 0 Å². The van der Waals surface area contributed by atoms with Crippen molar-refractivity contribution in [3.8, 4) is 11.5 Å². The number of hydrogen-bond donors (Lipinski definition) is 1. The molecule has 0 fully saturated rings. The number of hydrogen-bond acceptors (Lipinski definition) is 2. The lowest BCUT2D eigenvalue weighted by molar-refractivity contribution is 0.414. The smallest absolute Gasteiger partial charge is 0.203 e. The number of nitrogen functional groups attached to an aromatic ring is 1. The van der Waals surface area contributed by atoms with Gasteiger partial charge in [-0.05, 0) is 29.7 Å². The summed E-state index contributed by atoms with van der Waals surface area (Å²) >= 11 is 0. The van der Waals surface area contributed by atoms with Crippen molar-refractivity contribution in [2.45, 2.75) is 19.8 Å². The van der Waals surface area contributed by atoms with Crippen molar-refractivity contribution >= 4 is 5.69 Å². The zero-order valence-electron chi connectivity index (χ0n) is 10.8. The topological polar surface area (TPSA) is 35.2 Å². The molecule has 0 radical (unpaired) electrons. The molecule has 19 heavy (non-hydrogen) atoms. The molecule has 2 aromatic carbocycles. The molecule has 0 amide bonds. The van der Waals surface area contributed by atoms with E-state index in [1.807, 2.05) is 26.0 Å². The van der Waals surface area contributed by atoms with E-state index >= 15 is 0 Å². The molecule has 0 spiro atoms. The van der Waals surface area contributed by atoms with Gasteiger partial charge in [0.15, 0.2) is 11.6 Å². The van der Waals surface area contributed by atoms with Crippen LogP contribution in [-0.2, 0) is 0 Å². The molecule has 2 rings (SSSR count). The predicted molar refractivity (Wildman–Crippen MR) is 71.4 cm³/mol. The number of nitrogens with two attached hydrogens (primary N) is 1. The van der Waals surface area contributed by atoms with Crippen molar-refractivity contribution in [1.29, 1.82) is 0 Å².